The predicted molar refractivity (Wildman–Crippen MR) is 124 cm³/mol. The maximum absolute atomic E-state index is 13.1. The van der Waals surface area contributed by atoms with Gasteiger partial charge in [-0.2, -0.15) is 0 Å². The summed E-state index contributed by atoms with van der Waals surface area (Å²) in [6.07, 6.45) is 9.16. The van der Waals surface area contributed by atoms with Crippen molar-refractivity contribution in [3.63, 3.8) is 0 Å². The Labute approximate surface area is 186 Å². The Morgan fingerprint density at radius 2 is 1.90 bits per heavy atom. The molecule has 0 radical (unpaired) electrons. The van der Waals surface area contributed by atoms with Crippen LogP contribution in [0.25, 0.3) is 0 Å². The fourth-order valence-corrected chi connectivity index (χ4v) is 3.85. The van der Waals surface area contributed by atoms with Crippen molar-refractivity contribution >= 4 is 5.91 Å². The number of rotatable bonds is 12. The Hall–Kier alpha value is -2.44. The second kappa shape index (κ2) is 13.1. The summed E-state index contributed by atoms with van der Waals surface area (Å²) < 4.78 is 5.77. The van der Waals surface area contributed by atoms with Crippen molar-refractivity contribution in [2.24, 2.45) is 5.92 Å². The largest absolute Gasteiger partial charge is 0.494 e. The van der Waals surface area contributed by atoms with Gasteiger partial charge in [-0.05, 0) is 86.6 Å². The number of benzene rings is 1. The topological polar surface area (TPSA) is 75.3 Å². The summed E-state index contributed by atoms with van der Waals surface area (Å²) in [5, 5.41) is 9.99. The molecule has 0 saturated carbocycles. The summed E-state index contributed by atoms with van der Waals surface area (Å²) in [5.41, 5.74) is 2.00. The molecule has 1 unspecified atom stereocenters. The van der Waals surface area contributed by atoms with Gasteiger partial charge in [0.05, 0.1) is 6.61 Å². The summed E-state index contributed by atoms with van der Waals surface area (Å²) in [5.74, 6) is 1.56. The van der Waals surface area contributed by atoms with Crippen LogP contribution in [0.5, 0.6) is 5.75 Å². The Morgan fingerprint density at radius 3 is 2.61 bits per heavy atom. The van der Waals surface area contributed by atoms with Crippen LogP contribution >= 0.6 is 0 Å². The van der Waals surface area contributed by atoms with Gasteiger partial charge in [0.25, 0.3) is 0 Å². The molecule has 1 aromatic heterocycles. The molecule has 1 aromatic carbocycles. The van der Waals surface area contributed by atoms with E-state index in [4.69, 9.17) is 4.74 Å². The Bertz CT molecular complexity index is 761. The average Bonchev–Trinajstić information content (AvgIpc) is 2.82. The summed E-state index contributed by atoms with van der Waals surface area (Å²) in [6, 6.07) is 11.4. The highest BCUT2D eigenvalue weighted by atomic mass is 16.5. The van der Waals surface area contributed by atoms with Gasteiger partial charge in [-0.1, -0.05) is 25.5 Å². The van der Waals surface area contributed by atoms with Crippen LogP contribution < -0.4 is 20.7 Å². The van der Waals surface area contributed by atoms with E-state index in [1.165, 1.54) is 12.8 Å². The number of piperidine rings is 1. The van der Waals surface area contributed by atoms with Gasteiger partial charge in [0.1, 0.15) is 11.8 Å². The van der Waals surface area contributed by atoms with Crippen molar-refractivity contribution in [1.29, 1.82) is 0 Å². The van der Waals surface area contributed by atoms with Crippen molar-refractivity contribution < 1.29 is 9.53 Å². The first-order valence-electron chi connectivity index (χ1n) is 11.6. The minimum absolute atomic E-state index is 0.0122. The lowest BCUT2D eigenvalue weighted by Crippen LogP contribution is -2.38. The van der Waals surface area contributed by atoms with Gasteiger partial charge in [0.2, 0.25) is 5.91 Å². The molecule has 0 bridgehead atoms. The Kier molecular flexibility index (Phi) is 9.80. The van der Waals surface area contributed by atoms with Gasteiger partial charge in [0, 0.05) is 18.9 Å². The van der Waals surface area contributed by atoms with E-state index in [0.29, 0.717) is 6.54 Å². The van der Waals surface area contributed by atoms with E-state index in [9.17, 15) is 4.79 Å². The van der Waals surface area contributed by atoms with E-state index in [2.05, 4.69) is 27.9 Å². The molecular formula is C25H36N4O2. The molecule has 3 N–H and O–H groups in total. The van der Waals surface area contributed by atoms with Gasteiger partial charge >= 0.3 is 0 Å². The third-order valence-corrected chi connectivity index (χ3v) is 5.82. The highest BCUT2D eigenvalue weighted by molar-refractivity contribution is 5.83. The number of hydrogen-bond acceptors (Lipinski definition) is 5. The predicted octanol–water partition coefficient (Wildman–Crippen LogP) is 3.60. The quantitative estimate of drug-likeness (QED) is 0.454. The number of nitrogens with zero attached hydrogens (tertiary/aromatic N) is 1. The van der Waals surface area contributed by atoms with Crippen LogP contribution in [0, 0.1) is 5.92 Å². The van der Waals surface area contributed by atoms with Crippen molar-refractivity contribution in [3.8, 4) is 5.75 Å². The van der Waals surface area contributed by atoms with Crippen LogP contribution in [-0.2, 0) is 11.3 Å². The molecule has 1 saturated heterocycles. The van der Waals surface area contributed by atoms with Crippen molar-refractivity contribution in [3.05, 3.63) is 59.9 Å². The maximum Gasteiger partial charge on any atom is 0.242 e. The van der Waals surface area contributed by atoms with Crippen LogP contribution in [-0.4, -0.2) is 37.1 Å². The normalized spacial score (nSPS) is 15.4. The lowest BCUT2D eigenvalue weighted by Gasteiger charge is -2.24. The van der Waals surface area contributed by atoms with Gasteiger partial charge < -0.3 is 20.7 Å². The molecule has 6 heteroatoms. The number of unbranched alkanes of at least 4 members (excludes halogenated alkanes) is 1. The molecule has 1 amide bonds. The number of amides is 1. The molecule has 3 rings (SSSR count). The summed E-state index contributed by atoms with van der Waals surface area (Å²) >= 11 is 0. The monoisotopic (exact) mass is 424 g/mol. The molecule has 0 aliphatic carbocycles. The van der Waals surface area contributed by atoms with Gasteiger partial charge in [-0.15, -0.1) is 0 Å². The van der Waals surface area contributed by atoms with Crippen molar-refractivity contribution in [1.82, 2.24) is 20.9 Å². The number of hydrogen-bond donors (Lipinski definition) is 3. The lowest BCUT2D eigenvalue weighted by molar-refractivity contribution is -0.123. The Morgan fingerprint density at radius 1 is 1.16 bits per heavy atom. The molecule has 1 aliphatic rings. The fourth-order valence-electron chi connectivity index (χ4n) is 3.85. The molecule has 31 heavy (non-hydrogen) atoms. The van der Waals surface area contributed by atoms with Gasteiger partial charge in [0.15, 0.2) is 0 Å². The van der Waals surface area contributed by atoms with E-state index in [1.807, 2.05) is 36.4 Å². The SMILES string of the molecule is CCCCOc1ccc(C(NCCC2CCNCC2)C(=O)NCc2ccncc2)cc1. The first-order chi connectivity index (χ1) is 15.3. The first-order valence-corrected chi connectivity index (χ1v) is 11.6. The van der Waals surface area contributed by atoms with E-state index in [0.717, 1.165) is 68.3 Å². The van der Waals surface area contributed by atoms with Crippen LogP contribution in [0.3, 0.4) is 0 Å². The zero-order valence-electron chi connectivity index (χ0n) is 18.6. The van der Waals surface area contributed by atoms with E-state index in [1.54, 1.807) is 12.4 Å². The number of pyridine rings is 1. The summed E-state index contributed by atoms with van der Waals surface area (Å²) in [4.78, 5) is 17.1. The molecule has 0 spiro atoms. The third-order valence-electron chi connectivity index (χ3n) is 5.82. The first kappa shape index (κ1) is 23.2. The summed E-state index contributed by atoms with van der Waals surface area (Å²) in [7, 11) is 0. The summed E-state index contributed by atoms with van der Waals surface area (Å²) in [6.45, 7) is 6.39. The second-order valence-corrected chi connectivity index (χ2v) is 8.21. The molecule has 6 nitrogen and oxygen atoms in total. The van der Waals surface area contributed by atoms with E-state index < -0.39 is 0 Å². The van der Waals surface area contributed by atoms with Crippen LogP contribution in [0.1, 0.15) is 56.2 Å². The average molecular weight is 425 g/mol. The Balaban J connectivity index is 1.60. The van der Waals surface area contributed by atoms with Crippen LogP contribution in [0.2, 0.25) is 0 Å². The zero-order chi connectivity index (χ0) is 21.7. The molecule has 1 fully saturated rings. The number of nitrogens with one attached hydrogen (secondary N) is 3. The molecule has 2 aromatic rings. The highest BCUT2D eigenvalue weighted by Crippen LogP contribution is 2.20. The molecule has 1 aliphatic heterocycles. The number of ether oxygens (including phenoxy) is 1. The van der Waals surface area contributed by atoms with Crippen molar-refractivity contribution in [2.45, 2.75) is 51.6 Å². The van der Waals surface area contributed by atoms with Gasteiger partial charge in [-0.25, -0.2) is 0 Å². The minimum atomic E-state index is -0.381. The number of carbonyl (C=O) groups excluding carboxylic acids is 1. The van der Waals surface area contributed by atoms with Crippen LogP contribution in [0.4, 0.5) is 0 Å². The smallest absolute Gasteiger partial charge is 0.242 e. The van der Waals surface area contributed by atoms with E-state index >= 15 is 0 Å². The maximum atomic E-state index is 13.1. The third kappa shape index (κ3) is 7.96. The van der Waals surface area contributed by atoms with Crippen molar-refractivity contribution in [2.75, 3.05) is 26.2 Å². The highest BCUT2D eigenvalue weighted by Gasteiger charge is 2.21. The standard InChI is InChI=1S/C25H36N4O2/c1-2-3-18-31-23-6-4-22(5-7-23)24(28-17-12-20-8-13-26-14-9-20)25(30)29-19-21-10-15-27-16-11-21/h4-7,10-11,15-16,20,24,26,28H,2-3,8-9,12-14,17-19H2,1H3,(H,29,30). The molecule has 2 heterocycles. The second-order valence-electron chi connectivity index (χ2n) is 8.21. The van der Waals surface area contributed by atoms with Crippen LogP contribution in [0.15, 0.2) is 48.8 Å². The molecule has 1 atom stereocenters. The number of aromatic nitrogens is 1. The van der Waals surface area contributed by atoms with E-state index in [-0.39, 0.29) is 11.9 Å². The minimum Gasteiger partial charge on any atom is -0.494 e. The lowest BCUT2D eigenvalue weighted by atomic mass is 9.94. The zero-order valence-corrected chi connectivity index (χ0v) is 18.6. The fraction of sp³-hybridized carbons (Fsp3) is 0.520. The molecular weight excluding hydrogens is 388 g/mol. The molecule has 168 valence electrons. The van der Waals surface area contributed by atoms with Gasteiger partial charge in [-0.3, -0.25) is 9.78 Å². The number of carbonyl (C=O) groups is 1.